The van der Waals surface area contributed by atoms with E-state index in [1.807, 2.05) is 30.6 Å². The summed E-state index contributed by atoms with van der Waals surface area (Å²) in [7, 11) is 0. The van der Waals surface area contributed by atoms with Crippen LogP contribution in [0.15, 0.2) is 47.1 Å². The second-order valence-corrected chi connectivity index (χ2v) is 5.89. The molecule has 5 nitrogen and oxygen atoms in total. The summed E-state index contributed by atoms with van der Waals surface area (Å²) in [6.45, 7) is 4.49. The molecule has 5 heteroatoms. The van der Waals surface area contributed by atoms with Gasteiger partial charge in [-0.25, -0.2) is 4.98 Å². The summed E-state index contributed by atoms with van der Waals surface area (Å²) in [5, 5.41) is 4.72. The molecule has 120 valence electrons. The van der Waals surface area contributed by atoms with E-state index in [0.29, 0.717) is 6.54 Å². The number of fused-ring (bicyclic) bond motifs is 1. The summed E-state index contributed by atoms with van der Waals surface area (Å²) in [5.41, 5.74) is 0.935. The number of ether oxygens (including phenoxy) is 1. The molecule has 0 spiro atoms. The Bertz CT molecular complexity index is 759. The van der Waals surface area contributed by atoms with Crippen LogP contribution >= 0.6 is 0 Å². The van der Waals surface area contributed by atoms with Crippen LogP contribution < -0.4 is 5.32 Å². The van der Waals surface area contributed by atoms with Gasteiger partial charge in [0.15, 0.2) is 0 Å². The standard InChI is InChI=1S/C18H21N3O2/c1-2-21-9-8-19-18(21)17-15(7-10-22-17)20-12-14-11-13-5-3-4-6-16(13)23-14/h3-6,8-9,11,15,17,20H,2,7,10,12H2,1H3/t15-,17-/m0/s1. The number of hydrogen-bond donors (Lipinski definition) is 1. The highest BCUT2D eigenvalue weighted by Gasteiger charge is 2.32. The van der Waals surface area contributed by atoms with Gasteiger partial charge in [-0.2, -0.15) is 0 Å². The summed E-state index contributed by atoms with van der Waals surface area (Å²) in [4.78, 5) is 4.48. The Kier molecular flexibility index (Phi) is 3.89. The smallest absolute Gasteiger partial charge is 0.139 e. The molecule has 0 amide bonds. The minimum Gasteiger partial charge on any atom is -0.460 e. The van der Waals surface area contributed by atoms with Crippen LogP contribution in [-0.2, 0) is 17.8 Å². The summed E-state index contributed by atoms with van der Waals surface area (Å²) >= 11 is 0. The molecule has 2 aromatic heterocycles. The number of benzene rings is 1. The molecule has 0 saturated carbocycles. The molecule has 4 rings (SSSR count). The molecule has 1 saturated heterocycles. The van der Waals surface area contributed by atoms with E-state index in [9.17, 15) is 0 Å². The molecule has 2 atom stereocenters. The van der Waals surface area contributed by atoms with Gasteiger partial charge < -0.3 is 19.0 Å². The molecular formula is C18H21N3O2. The number of hydrogen-bond acceptors (Lipinski definition) is 4. The van der Waals surface area contributed by atoms with Crippen molar-refractivity contribution in [2.75, 3.05) is 6.61 Å². The Labute approximate surface area is 135 Å². The van der Waals surface area contributed by atoms with E-state index >= 15 is 0 Å². The average Bonchev–Trinajstić information content (AvgIpc) is 3.29. The van der Waals surface area contributed by atoms with Crippen LogP contribution in [0.5, 0.6) is 0 Å². The van der Waals surface area contributed by atoms with Gasteiger partial charge in [0, 0.05) is 37.0 Å². The van der Waals surface area contributed by atoms with Gasteiger partial charge in [-0.3, -0.25) is 0 Å². The first-order valence-electron chi connectivity index (χ1n) is 8.18. The third kappa shape index (κ3) is 2.78. The molecule has 0 bridgehead atoms. The monoisotopic (exact) mass is 311 g/mol. The Hall–Kier alpha value is -2.11. The zero-order valence-corrected chi connectivity index (χ0v) is 13.2. The zero-order chi connectivity index (χ0) is 15.6. The van der Waals surface area contributed by atoms with E-state index < -0.39 is 0 Å². The predicted molar refractivity (Wildman–Crippen MR) is 88.1 cm³/mol. The van der Waals surface area contributed by atoms with Crippen molar-refractivity contribution in [1.29, 1.82) is 0 Å². The number of aryl methyl sites for hydroxylation is 1. The Morgan fingerprint density at radius 3 is 3.13 bits per heavy atom. The molecule has 1 aliphatic heterocycles. The van der Waals surface area contributed by atoms with Gasteiger partial charge in [0.25, 0.3) is 0 Å². The third-order valence-electron chi connectivity index (χ3n) is 4.45. The fourth-order valence-corrected chi connectivity index (χ4v) is 3.25. The van der Waals surface area contributed by atoms with E-state index in [2.05, 4.69) is 33.9 Å². The lowest BCUT2D eigenvalue weighted by atomic mass is 10.1. The fourth-order valence-electron chi connectivity index (χ4n) is 3.25. The number of nitrogens with one attached hydrogen (secondary N) is 1. The first-order valence-corrected chi connectivity index (χ1v) is 8.18. The highest BCUT2D eigenvalue weighted by atomic mass is 16.5. The van der Waals surface area contributed by atoms with Gasteiger partial charge in [0.1, 0.15) is 23.3 Å². The summed E-state index contributed by atoms with van der Waals surface area (Å²) < 4.78 is 13.9. The van der Waals surface area contributed by atoms with Gasteiger partial charge in [0.05, 0.1) is 6.54 Å². The number of imidazole rings is 1. The van der Waals surface area contributed by atoms with Crippen molar-refractivity contribution in [2.24, 2.45) is 0 Å². The topological polar surface area (TPSA) is 52.2 Å². The van der Waals surface area contributed by atoms with Crippen molar-refractivity contribution in [3.8, 4) is 0 Å². The normalized spacial score (nSPS) is 21.3. The Balaban J connectivity index is 1.47. The van der Waals surface area contributed by atoms with Crippen LogP contribution in [0.1, 0.15) is 31.0 Å². The van der Waals surface area contributed by atoms with Crippen molar-refractivity contribution in [3.05, 3.63) is 54.3 Å². The molecule has 0 aliphatic carbocycles. The third-order valence-corrected chi connectivity index (χ3v) is 4.45. The highest BCUT2D eigenvalue weighted by Crippen LogP contribution is 2.28. The summed E-state index contributed by atoms with van der Waals surface area (Å²) in [6, 6.07) is 10.4. The Morgan fingerprint density at radius 1 is 1.35 bits per heavy atom. The van der Waals surface area contributed by atoms with Gasteiger partial charge >= 0.3 is 0 Å². The maximum atomic E-state index is 5.92. The quantitative estimate of drug-likeness (QED) is 0.786. The summed E-state index contributed by atoms with van der Waals surface area (Å²) in [6.07, 6.45) is 4.85. The first-order chi connectivity index (χ1) is 11.3. The zero-order valence-electron chi connectivity index (χ0n) is 13.2. The second kappa shape index (κ2) is 6.18. The van der Waals surface area contributed by atoms with Gasteiger partial charge in [-0.1, -0.05) is 18.2 Å². The van der Waals surface area contributed by atoms with Gasteiger partial charge in [-0.15, -0.1) is 0 Å². The van der Waals surface area contributed by atoms with E-state index in [1.54, 1.807) is 0 Å². The number of furan rings is 1. The van der Waals surface area contributed by atoms with Gasteiger partial charge in [-0.05, 0) is 25.5 Å². The SMILES string of the molecule is CCn1ccnc1[C@H]1OCC[C@@H]1NCc1cc2ccccc2o1. The van der Waals surface area contributed by atoms with Crippen LogP contribution in [0.2, 0.25) is 0 Å². The van der Waals surface area contributed by atoms with Crippen molar-refractivity contribution < 1.29 is 9.15 Å². The molecule has 0 unspecified atom stereocenters. The molecule has 1 aromatic carbocycles. The lowest BCUT2D eigenvalue weighted by molar-refractivity contribution is 0.0882. The lowest BCUT2D eigenvalue weighted by Crippen LogP contribution is -2.32. The van der Waals surface area contributed by atoms with Crippen LogP contribution in [0.25, 0.3) is 11.0 Å². The minimum atomic E-state index is 0.00864. The van der Waals surface area contributed by atoms with Crippen LogP contribution in [0.3, 0.4) is 0 Å². The molecule has 1 N–H and O–H groups in total. The number of aromatic nitrogens is 2. The molecule has 1 aliphatic rings. The lowest BCUT2D eigenvalue weighted by Gasteiger charge is -2.19. The van der Waals surface area contributed by atoms with Crippen LogP contribution in [0.4, 0.5) is 0 Å². The number of rotatable bonds is 5. The molecule has 3 heterocycles. The van der Waals surface area contributed by atoms with Crippen LogP contribution in [0, 0.1) is 0 Å². The molecule has 23 heavy (non-hydrogen) atoms. The fraction of sp³-hybridized carbons (Fsp3) is 0.389. The van der Waals surface area contributed by atoms with Crippen LogP contribution in [-0.4, -0.2) is 22.2 Å². The van der Waals surface area contributed by atoms with Crippen molar-refractivity contribution >= 4 is 11.0 Å². The largest absolute Gasteiger partial charge is 0.460 e. The predicted octanol–water partition coefficient (Wildman–Crippen LogP) is 3.27. The van der Waals surface area contributed by atoms with Gasteiger partial charge in [0.2, 0.25) is 0 Å². The number of para-hydroxylation sites is 1. The van der Waals surface area contributed by atoms with Crippen molar-refractivity contribution in [3.63, 3.8) is 0 Å². The van der Waals surface area contributed by atoms with E-state index in [0.717, 1.165) is 42.1 Å². The second-order valence-electron chi connectivity index (χ2n) is 5.89. The minimum absolute atomic E-state index is 0.00864. The molecule has 1 fully saturated rings. The summed E-state index contributed by atoms with van der Waals surface area (Å²) in [5.74, 6) is 1.96. The maximum Gasteiger partial charge on any atom is 0.139 e. The molecule has 0 radical (unpaired) electrons. The first kappa shape index (κ1) is 14.5. The maximum absolute atomic E-state index is 5.92. The van der Waals surface area contributed by atoms with E-state index in [4.69, 9.17) is 9.15 Å². The highest BCUT2D eigenvalue weighted by molar-refractivity contribution is 5.77. The van der Waals surface area contributed by atoms with E-state index in [-0.39, 0.29) is 12.1 Å². The Morgan fingerprint density at radius 2 is 2.26 bits per heavy atom. The average molecular weight is 311 g/mol. The molecular weight excluding hydrogens is 290 g/mol. The molecule has 3 aromatic rings. The van der Waals surface area contributed by atoms with Crippen molar-refractivity contribution in [1.82, 2.24) is 14.9 Å². The van der Waals surface area contributed by atoms with E-state index in [1.165, 1.54) is 0 Å². The van der Waals surface area contributed by atoms with Crippen molar-refractivity contribution in [2.45, 2.75) is 38.6 Å². The number of nitrogens with zero attached hydrogens (tertiary/aromatic N) is 2.